The van der Waals surface area contributed by atoms with Gasteiger partial charge < -0.3 is 5.32 Å². The highest BCUT2D eigenvalue weighted by Gasteiger charge is 2.04. The molecular weight excluding hydrogens is 224 g/mol. The minimum Gasteiger partial charge on any atom is -0.355 e. The first-order valence-electron chi connectivity index (χ1n) is 4.40. The van der Waals surface area contributed by atoms with Crippen LogP contribution < -0.4 is 5.32 Å². The number of carbonyl (C=O) groups is 1. The van der Waals surface area contributed by atoms with E-state index in [1.165, 1.54) is 0 Å². The van der Waals surface area contributed by atoms with Gasteiger partial charge in [-0.3, -0.25) is 4.79 Å². The van der Waals surface area contributed by atoms with E-state index < -0.39 is 11.6 Å². The van der Waals surface area contributed by atoms with E-state index in [9.17, 15) is 13.6 Å². The Labute approximate surface area is 91.2 Å². The van der Waals surface area contributed by atoms with Gasteiger partial charge in [0.05, 0.1) is 0 Å². The van der Waals surface area contributed by atoms with Crippen molar-refractivity contribution in [1.82, 2.24) is 5.32 Å². The summed E-state index contributed by atoms with van der Waals surface area (Å²) in [7, 11) is 0. The van der Waals surface area contributed by atoms with Gasteiger partial charge >= 0.3 is 0 Å². The van der Waals surface area contributed by atoms with E-state index in [4.69, 9.17) is 11.6 Å². The van der Waals surface area contributed by atoms with Crippen LogP contribution in [0.1, 0.15) is 5.56 Å². The summed E-state index contributed by atoms with van der Waals surface area (Å²) < 4.78 is 25.8. The standard InChI is InChI=1S/C10H10ClF2NO/c11-6-10(15)14-4-3-7-5-8(12)1-2-9(7)13/h1-2,5H,3-4,6H2,(H,14,15). The molecule has 0 heterocycles. The summed E-state index contributed by atoms with van der Waals surface area (Å²) in [5.74, 6) is -1.42. The monoisotopic (exact) mass is 233 g/mol. The van der Waals surface area contributed by atoms with Gasteiger partial charge in [0.1, 0.15) is 17.5 Å². The van der Waals surface area contributed by atoms with E-state index in [2.05, 4.69) is 5.32 Å². The first-order chi connectivity index (χ1) is 7.13. The van der Waals surface area contributed by atoms with Crippen LogP contribution in [-0.4, -0.2) is 18.3 Å². The lowest BCUT2D eigenvalue weighted by molar-refractivity contribution is -0.118. The number of halogens is 3. The molecule has 82 valence electrons. The molecule has 1 rings (SSSR count). The summed E-state index contributed by atoms with van der Waals surface area (Å²) in [5.41, 5.74) is 0.241. The summed E-state index contributed by atoms with van der Waals surface area (Å²) in [5, 5.41) is 2.47. The van der Waals surface area contributed by atoms with Crippen LogP contribution in [0.4, 0.5) is 8.78 Å². The van der Waals surface area contributed by atoms with Gasteiger partial charge in [0.2, 0.25) is 5.91 Å². The Balaban J connectivity index is 2.50. The first kappa shape index (κ1) is 11.9. The van der Waals surface area contributed by atoms with E-state index in [0.29, 0.717) is 0 Å². The van der Waals surface area contributed by atoms with Crippen LogP contribution >= 0.6 is 11.6 Å². The third-order valence-corrected chi connectivity index (χ3v) is 2.09. The van der Waals surface area contributed by atoms with Crippen molar-refractivity contribution in [3.63, 3.8) is 0 Å². The van der Waals surface area contributed by atoms with Crippen molar-refractivity contribution in [2.75, 3.05) is 12.4 Å². The molecule has 0 aliphatic rings. The van der Waals surface area contributed by atoms with Crippen LogP contribution in [-0.2, 0) is 11.2 Å². The molecule has 0 spiro atoms. The van der Waals surface area contributed by atoms with Gasteiger partial charge in [-0.15, -0.1) is 11.6 Å². The number of alkyl halides is 1. The average molecular weight is 234 g/mol. The highest BCUT2D eigenvalue weighted by molar-refractivity contribution is 6.27. The quantitative estimate of drug-likeness (QED) is 0.791. The number of amides is 1. The highest BCUT2D eigenvalue weighted by Crippen LogP contribution is 2.09. The Morgan fingerprint density at radius 3 is 2.80 bits per heavy atom. The molecule has 0 aliphatic heterocycles. The number of rotatable bonds is 4. The Kier molecular flexibility index (Phi) is 4.49. The van der Waals surface area contributed by atoms with Crippen molar-refractivity contribution in [3.05, 3.63) is 35.4 Å². The van der Waals surface area contributed by atoms with Gasteiger partial charge in [0.25, 0.3) is 0 Å². The zero-order chi connectivity index (χ0) is 11.3. The van der Waals surface area contributed by atoms with Crippen LogP contribution in [0.2, 0.25) is 0 Å². The van der Waals surface area contributed by atoms with Gasteiger partial charge in [0.15, 0.2) is 0 Å². The molecule has 2 nitrogen and oxygen atoms in total. The van der Waals surface area contributed by atoms with Crippen molar-refractivity contribution in [2.24, 2.45) is 0 Å². The zero-order valence-electron chi connectivity index (χ0n) is 7.90. The minimum absolute atomic E-state index is 0.133. The van der Waals surface area contributed by atoms with Crippen molar-refractivity contribution >= 4 is 17.5 Å². The van der Waals surface area contributed by atoms with E-state index >= 15 is 0 Å². The van der Waals surface area contributed by atoms with Gasteiger partial charge in [-0.1, -0.05) is 0 Å². The van der Waals surface area contributed by atoms with E-state index in [-0.39, 0.29) is 30.3 Å². The maximum absolute atomic E-state index is 13.1. The van der Waals surface area contributed by atoms with E-state index in [0.717, 1.165) is 18.2 Å². The van der Waals surface area contributed by atoms with Crippen LogP contribution in [0, 0.1) is 11.6 Å². The molecule has 0 aromatic heterocycles. The number of benzene rings is 1. The first-order valence-corrected chi connectivity index (χ1v) is 4.93. The fourth-order valence-corrected chi connectivity index (χ4v) is 1.21. The number of nitrogens with one attached hydrogen (secondary N) is 1. The molecule has 0 atom stereocenters. The molecule has 0 saturated carbocycles. The summed E-state index contributed by atoms with van der Waals surface area (Å²) >= 11 is 5.24. The van der Waals surface area contributed by atoms with E-state index in [1.54, 1.807) is 0 Å². The molecule has 0 unspecified atom stereocenters. The lowest BCUT2D eigenvalue weighted by Gasteiger charge is -2.04. The third kappa shape index (κ3) is 3.83. The molecule has 0 saturated heterocycles. The van der Waals surface area contributed by atoms with Crippen molar-refractivity contribution in [2.45, 2.75) is 6.42 Å². The lowest BCUT2D eigenvalue weighted by atomic mass is 10.1. The molecule has 1 aromatic carbocycles. The van der Waals surface area contributed by atoms with Crippen molar-refractivity contribution in [3.8, 4) is 0 Å². The van der Waals surface area contributed by atoms with Crippen LogP contribution in [0.5, 0.6) is 0 Å². The summed E-state index contributed by atoms with van der Waals surface area (Å²) in [4.78, 5) is 10.7. The topological polar surface area (TPSA) is 29.1 Å². The maximum Gasteiger partial charge on any atom is 0.234 e. The molecular formula is C10H10ClF2NO. The Bertz CT molecular complexity index is 357. The molecule has 15 heavy (non-hydrogen) atoms. The molecule has 5 heteroatoms. The van der Waals surface area contributed by atoms with Gasteiger partial charge in [0, 0.05) is 6.54 Å². The molecule has 1 amide bonds. The Morgan fingerprint density at radius 2 is 2.13 bits per heavy atom. The molecule has 0 fully saturated rings. The second-order valence-electron chi connectivity index (χ2n) is 2.97. The molecule has 1 N–H and O–H groups in total. The van der Waals surface area contributed by atoms with Gasteiger partial charge in [-0.25, -0.2) is 8.78 Å². The maximum atomic E-state index is 13.1. The number of hydrogen-bond donors (Lipinski definition) is 1. The second-order valence-corrected chi connectivity index (χ2v) is 3.24. The van der Waals surface area contributed by atoms with Gasteiger partial charge in [-0.05, 0) is 30.2 Å². The fraction of sp³-hybridized carbons (Fsp3) is 0.300. The molecule has 1 aromatic rings. The largest absolute Gasteiger partial charge is 0.355 e. The van der Waals surface area contributed by atoms with Crippen LogP contribution in [0.3, 0.4) is 0 Å². The smallest absolute Gasteiger partial charge is 0.234 e. The third-order valence-electron chi connectivity index (χ3n) is 1.85. The Morgan fingerprint density at radius 1 is 1.40 bits per heavy atom. The second kappa shape index (κ2) is 5.66. The predicted octanol–water partition coefficient (Wildman–Crippen LogP) is 1.86. The SMILES string of the molecule is O=C(CCl)NCCc1cc(F)ccc1F. The minimum atomic E-state index is -0.491. The van der Waals surface area contributed by atoms with Crippen molar-refractivity contribution < 1.29 is 13.6 Å². The number of hydrogen-bond acceptors (Lipinski definition) is 1. The fourth-order valence-electron chi connectivity index (χ4n) is 1.12. The van der Waals surface area contributed by atoms with Crippen LogP contribution in [0.15, 0.2) is 18.2 Å². The lowest BCUT2D eigenvalue weighted by Crippen LogP contribution is -2.26. The van der Waals surface area contributed by atoms with Crippen LogP contribution in [0.25, 0.3) is 0 Å². The summed E-state index contributed by atoms with van der Waals surface area (Å²) in [6, 6.07) is 3.23. The van der Waals surface area contributed by atoms with E-state index in [1.807, 2.05) is 0 Å². The molecule has 0 bridgehead atoms. The Hall–Kier alpha value is -1.16. The highest BCUT2D eigenvalue weighted by atomic mass is 35.5. The van der Waals surface area contributed by atoms with Gasteiger partial charge in [-0.2, -0.15) is 0 Å². The molecule has 0 radical (unpaired) electrons. The van der Waals surface area contributed by atoms with Crippen molar-refractivity contribution in [1.29, 1.82) is 0 Å². The average Bonchev–Trinajstić information content (AvgIpc) is 2.23. The zero-order valence-corrected chi connectivity index (χ0v) is 8.65. The predicted molar refractivity (Wildman–Crippen MR) is 53.8 cm³/mol. The number of carbonyl (C=O) groups excluding carboxylic acids is 1. The normalized spacial score (nSPS) is 10.1. The molecule has 0 aliphatic carbocycles. The summed E-state index contributed by atoms with van der Waals surface area (Å²) in [6.45, 7) is 0.242. The summed E-state index contributed by atoms with van der Waals surface area (Å²) in [6.07, 6.45) is 0.242.